The highest BCUT2D eigenvalue weighted by molar-refractivity contribution is 9.10. The third-order valence-electron chi connectivity index (χ3n) is 11.0. The van der Waals surface area contributed by atoms with Crippen molar-refractivity contribution >= 4 is 50.4 Å². The van der Waals surface area contributed by atoms with Crippen molar-refractivity contribution in [3.63, 3.8) is 0 Å². The van der Waals surface area contributed by atoms with E-state index in [9.17, 15) is 18.8 Å². The minimum Gasteiger partial charge on any atom is -0.493 e. The maximum absolute atomic E-state index is 15.0. The molecule has 2 unspecified atom stereocenters. The number of ether oxygens (including phenoxy) is 2. The molecule has 0 bridgehead atoms. The minimum atomic E-state index is -0.738. The van der Waals surface area contributed by atoms with Gasteiger partial charge in [-0.15, -0.1) is 0 Å². The van der Waals surface area contributed by atoms with Gasteiger partial charge in [-0.05, 0) is 81.1 Å². The molecule has 7 rings (SSSR count). The van der Waals surface area contributed by atoms with Gasteiger partial charge in [-0.3, -0.25) is 24.6 Å². The molecule has 2 atom stereocenters. The zero-order valence-corrected chi connectivity index (χ0v) is 34.8. The van der Waals surface area contributed by atoms with Gasteiger partial charge in [0.1, 0.15) is 23.5 Å². The molecule has 0 spiro atoms. The molecular formula is C44H49BrFN7O5. The Labute approximate surface area is 347 Å². The molecule has 4 aromatic rings. The number of benzene rings is 3. The summed E-state index contributed by atoms with van der Waals surface area (Å²) in [5.74, 6) is 7.05. The maximum Gasteiger partial charge on any atom is 0.255 e. The Morgan fingerprint density at radius 3 is 2.57 bits per heavy atom. The molecule has 3 aliphatic rings. The number of carbonyl (C=O) groups excluding carboxylic acids is 3. The summed E-state index contributed by atoms with van der Waals surface area (Å²) >= 11 is 3.56. The Bertz CT molecular complexity index is 2250. The summed E-state index contributed by atoms with van der Waals surface area (Å²) < 4.78 is 28.0. The molecule has 2 fully saturated rings. The highest BCUT2D eigenvalue weighted by Gasteiger charge is 2.39. The number of unbranched alkanes of at least 4 members (excludes halogenated alkanes) is 3. The molecule has 304 valence electrons. The van der Waals surface area contributed by atoms with Gasteiger partial charge in [-0.1, -0.05) is 52.7 Å². The summed E-state index contributed by atoms with van der Waals surface area (Å²) in [6.07, 6.45) is 4.67. The number of imide groups is 1. The van der Waals surface area contributed by atoms with Gasteiger partial charge in [0, 0.05) is 60.6 Å². The molecule has 2 N–H and O–H groups in total. The van der Waals surface area contributed by atoms with E-state index in [1.54, 1.807) is 13.2 Å². The highest BCUT2D eigenvalue weighted by atomic mass is 79.9. The van der Waals surface area contributed by atoms with Crippen LogP contribution in [0.1, 0.15) is 84.4 Å². The van der Waals surface area contributed by atoms with Gasteiger partial charge in [0.05, 0.1) is 37.4 Å². The predicted molar refractivity (Wildman–Crippen MR) is 223 cm³/mol. The van der Waals surface area contributed by atoms with Gasteiger partial charge in [-0.25, -0.2) is 14.4 Å². The number of nitrogens with zero attached hydrogens (tertiary/aromatic N) is 5. The number of rotatable bonds is 14. The lowest BCUT2D eigenvalue weighted by Crippen LogP contribution is -2.52. The molecular weight excluding hydrogens is 805 g/mol. The van der Waals surface area contributed by atoms with Crippen molar-refractivity contribution in [1.82, 2.24) is 30.0 Å². The van der Waals surface area contributed by atoms with Crippen molar-refractivity contribution in [2.75, 3.05) is 58.3 Å². The van der Waals surface area contributed by atoms with E-state index in [-0.39, 0.29) is 42.5 Å². The lowest BCUT2D eigenvalue weighted by molar-refractivity contribution is -0.136. The van der Waals surface area contributed by atoms with Crippen molar-refractivity contribution in [2.24, 2.45) is 0 Å². The fourth-order valence-electron chi connectivity index (χ4n) is 7.78. The zero-order valence-electron chi connectivity index (χ0n) is 33.2. The third-order valence-corrected chi connectivity index (χ3v) is 11.5. The van der Waals surface area contributed by atoms with Crippen molar-refractivity contribution in [3.8, 4) is 23.3 Å². The van der Waals surface area contributed by atoms with Crippen molar-refractivity contribution < 1.29 is 28.2 Å². The largest absolute Gasteiger partial charge is 0.493 e. The number of carbonyl (C=O) groups is 3. The summed E-state index contributed by atoms with van der Waals surface area (Å²) in [6.45, 7) is 10.1. The molecule has 12 nitrogen and oxygen atoms in total. The van der Waals surface area contributed by atoms with Crippen LogP contribution in [0.3, 0.4) is 0 Å². The standard InChI is InChI=1S/C44H49BrFN7O5/c1-28(30-10-8-12-33(45)23-30)47-42-35-25-39(57-3)40(26-37(35)48-29(2)49-42)58-21-7-5-4-6-15-51-17-19-52(20-18-51)16-9-11-31-22-32-27-53(44(56)34(32)24-36(31)46)38-13-14-41(54)50-43(38)55/h8,10,12,22-26,28,38H,4-7,13-21,27H2,1-3H3,(H,47,48,49)(H,50,54,55). The molecule has 4 heterocycles. The summed E-state index contributed by atoms with van der Waals surface area (Å²) in [7, 11) is 1.65. The van der Waals surface area contributed by atoms with E-state index in [2.05, 4.69) is 67.3 Å². The average molecular weight is 855 g/mol. The lowest BCUT2D eigenvalue weighted by atomic mass is 10.0. The van der Waals surface area contributed by atoms with Gasteiger partial charge in [0.15, 0.2) is 11.5 Å². The first-order valence-corrected chi connectivity index (χ1v) is 20.8. The van der Waals surface area contributed by atoms with Crippen molar-refractivity contribution in [2.45, 2.75) is 71.0 Å². The average Bonchev–Trinajstić information content (AvgIpc) is 3.51. The van der Waals surface area contributed by atoms with Crippen LogP contribution < -0.4 is 20.1 Å². The van der Waals surface area contributed by atoms with Crippen LogP contribution in [0, 0.1) is 24.6 Å². The molecule has 58 heavy (non-hydrogen) atoms. The second-order valence-electron chi connectivity index (χ2n) is 15.1. The second-order valence-corrected chi connectivity index (χ2v) is 16.0. The molecule has 3 amide bonds. The Balaban J connectivity index is 0.813. The second kappa shape index (κ2) is 18.7. The van der Waals surface area contributed by atoms with E-state index in [4.69, 9.17) is 19.4 Å². The number of methoxy groups -OCH3 is 1. The Morgan fingerprint density at radius 1 is 1.00 bits per heavy atom. The van der Waals surface area contributed by atoms with E-state index in [1.807, 2.05) is 31.2 Å². The van der Waals surface area contributed by atoms with Gasteiger partial charge < -0.3 is 24.6 Å². The fraction of sp³-hybridized carbons (Fsp3) is 0.432. The number of halogens is 2. The van der Waals surface area contributed by atoms with Crippen LogP contribution in [0.5, 0.6) is 11.5 Å². The number of nitrogens with one attached hydrogen (secondary N) is 2. The summed E-state index contributed by atoms with van der Waals surface area (Å²) in [6, 6.07) is 14.2. The number of aryl methyl sites for hydroxylation is 1. The zero-order chi connectivity index (χ0) is 40.8. The first-order chi connectivity index (χ1) is 28.1. The number of hydrogen-bond acceptors (Lipinski definition) is 10. The van der Waals surface area contributed by atoms with Crippen LogP contribution in [0.15, 0.2) is 53.0 Å². The molecule has 2 saturated heterocycles. The molecule has 0 aliphatic carbocycles. The van der Waals surface area contributed by atoms with Gasteiger partial charge in [0.2, 0.25) is 11.8 Å². The first-order valence-electron chi connectivity index (χ1n) is 20.0. The van der Waals surface area contributed by atoms with Crippen LogP contribution in [0.25, 0.3) is 10.9 Å². The first kappa shape index (κ1) is 41.1. The monoisotopic (exact) mass is 853 g/mol. The van der Waals surface area contributed by atoms with Crippen LogP contribution >= 0.6 is 15.9 Å². The maximum atomic E-state index is 15.0. The van der Waals surface area contributed by atoms with Gasteiger partial charge >= 0.3 is 0 Å². The number of anilines is 1. The number of fused-ring (bicyclic) bond motifs is 2. The van der Waals surface area contributed by atoms with Crippen molar-refractivity contribution in [1.29, 1.82) is 0 Å². The lowest BCUT2D eigenvalue weighted by Gasteiger charge is -2.33. The van der Waals surface area contributed by atoms with Crippen LogP contribution in [0.2, 0.25) is 0 Å². The van der Waals surface area contributed by atoms with E-state index < -0.39 is 23.7 Å². The number of piperazine rings is 1. The fourth-order valence-corrected chi connectivity index (χ4v) is 8.19. The number of hydrogen-bond donors (Lipinski definition) is 2. The van der Waals surface area contributed by atoms with E-state index >= 15 is 0 Å². The van der Waals surface area contributed by atoms with E-state index in [0.717, 1.165) is 85.2 Å². The summed E-state index contributed by atoms with van der Waals surface area (Å²) in [5, 5.41) is 6.72. The minimum absolute atomic E-state index is 0.0317. The van der Waals surface area contributed by atoms with E-state index in [1.165, 1.54) is 11.0 Å². The normalized spacial score (nSPS) is 17.8. The summed E-state index contributed by atoms with van der Waals surface area (Å²) in [4.78, 5) is 52.4. The van der Waals surface area contributed by atoms with Crippen LogP contribution in [0.4, 0.5) is 10.2 Å². The number of aromatic nitrogens is 2. The Kier molecular flexibility index (Phi) is 13.2. The number of piperidine rings is 1. The topological polar surface area (TPSA) is 129 Å². The number of amides is 3. The van der Waals surface area contributed by atoms with Gasteiger partial charge in [-0.2, -0.15) is 0 Å². The SMILES string of the molecule is COc1cc2c(NC(C)c3cccc(Br)c3)nc(C)nc2cc1OCCCCCCN1CCN(CC#Cc2cc3c(cc2F)C(=O)N(C2CCC(=O)NC2=O)C3)CC1. The van der Waals surface area contributed by atoms with Crippen LogP contribution in [-0.2, 0) is 16.1 Å². The molecule has 1 aromatic heterocycles. The smallest absolute Gasteiger partial charge is 0.255 e. The van der Waals surface area contributed by atoms with Crippen LogP contribution in [-0.4, -0.2) is 101 Å². The summed E-state index contributed by atoms with van der Waals surface area (Å²) in [5.41, 5.74) is 3.07. The van der Waals surface area contributed by atoms with Gasteiger partial charge in [0.25, 0.3) is 5.91 Å². The molecule has 14 heteroatoms. The molecule has 3 aliphatic heterocycles. The highest BCUT2D eigenvalue weighted by Crippen LogP contribution is 2.36. The Morgan fingerprint density at radius 2 is 1.79 bits per heavy atom. The van der Waals surface area contributed by atoms with E-state index in [0.29, 0.717) is 36.0 Å². The predicted octanol–water partition coefficient (Wildman–Crippen LogP) is 6.39. The Hall–Kier alpha value is -5.10. The molecule has 0 radical (unpaired) electrons. The quantitative estimate of drug-likeness (QED) is 0.0837. The molecule has 0 saturated carbocycles. The third kappa shape index (κ3) is 9.77. The van der Waals surface area contributed by atoms with Crippen molar-refractivity contribution in [3.05, 3.63) is 86.9 Å². The molecule has 3 aromatic carbocycles.